The Balaban J connectivity index is 1.39. The summed E-state index contributed by atoms with van der Waals surface area (Å²) in [6, 6.07) is 18.9. The van der Waals surface area contributed by atoms with Gasteiger partial charge >= 0.3 is 0 Å². The predicted molar refractivity (Wildman–Crippen MR) is 131 cm³/mol. The zero-order valence-corrected chi connectivity index (χ0v) is 19.5. The van der Waals surface area contributed by atoms with E-state index in [1.807, 2.05) is 37.3 Å². The number of nitrogens with one attached hydrogen (secondary N) is 1. The third-order valence-corrected chi connectivity index (χ3v) is 6.21. The van der Waals surface area contributed by atoms with Crippen molar-refractivity contribution < 1.29 is 9.18 Å². The van der Waals surface area contributed by atoms with Gasteiger partial charge in [-0.3, -0.25) is 14.7 Å². The number of aryl methyl sites for hydroxylation is 1. The first kappa shape index (κ1) is 23.1. The second-order valence-corrected chi connectivity index (χ2v) is 8.84. The molecule has 0 spiro atoms. The molecule has 2 heterocycles. The van der Waals surface area contributed by atoms with E-state index in [9.17, 15) is 9.18 Å². The van der Waals surface area contributed by atoms with E-state index in [1.165, 1.54) is 17.7 Å². The molecule has 1 aromatic heterocycles. The Morgan fingerprint density at radius 2 is 1.97 bits per heavy atom. The van der Waals surface area contributed by atoms with Crippen molar-refractivity contribution in [2.45, 2.75) is 32.9 Å². The molecule has 1 amide bonds. The molecule has 1 fully saturated rings. The number of benzene rings is 2. The second-order valence-electron chi connectivity index (χ2n) is 8.84. The van der Waals surface area contributed by atoms with E-state index in [-0.39, 0.29) is 18.1 Å². The Morgan fingerprint density at radius 3 is 2.67 bits per heavy atom. The van der Waals surface area contributed by atoms with Gasteiger partial charge in [-0.1, -0.05) is 30.3 Å². The molecule has 172 valence electrons. The van der Waals surface area contributed by atoms with Crippen molar-refractivity contribution in [1.29, 1.82) is 0 Å². The van der Waals surface area contributed by atoms with Crippen LogP contribution in [0.5, 0.6) is 0 Å². The zero-order chi connectivity index (χ0) is 23.4. The molecule has 5 nitrogen and oxygen atoms in total. The smallest absolute Gasteiger partial charge is 0.231 e. The number of rotatable bonds is 6. The molecule has 0 radical (unpaired) electrons. The summed E-state index contributed by atoms with van der Waals surface area (Å²) in [6.07, 6.45) is 0.263. The van der Waals surface area contributed by atoms with Gasteiger partial charge in [-0.05, 0) is 55.3 Å². The van der Waals surface area contributed by atoms with Crippen LogP contribution in [-0.4, -0.2) is 48.5 Å². The van der Waals surface area contributed by atoms with Crippen LogP contribution in [0.4, 0.5) is 10.1 Å². The molecule has 0 bridgehead atoms. The Hall–Kier alpha value is -3.09. The number of amides is 1. The molecule has 1 aliphatic heterocycles. The number of hydrogen-bond donors (Lipinski definition) is 1. The highest BCUT2D eigenvalue weighted by Gasteiger charge is 2.17. The molecule has 33 heavy (non-hydrogen) atoms. The summed E-state index contributed by atoms with van der Waals surface area (Å²) in [6.45, 7) is 8.14. The van der Waals surface area contributed by atoms with Crippen molar-refractivity contribution >= 4 is 11.6 Å². The van der Waals surface area contributed by atoms with E-state index in [0.29, 0.717) is 11.7 Å². The number of likely N-dealkylation sites (N-methyl/N-ethyl adjacent to an activating group) is 1. The number of aromatic nitrogens is 1. The van der Waals surface area contributed by atoms with Crippen LogP contribution in [0, 0.1) is 12.7 Å². The molecule has 0 saturated carbocycles. The van der Waals surface area contributed by atoms with Crippen LogP contribution in [-0.2, 0) is 17.8 Å². The van der Waals surface area contributed by atoms with Gasteiger partial charge < -0.3 is 10.2 Å². The summed E-state index contributed by atoms with van der Waals surface area (Å²) in [7, 11) is 1.80. The third-order valence-electron chi connectivity index (χ3n) is 6.21. The SMILES string of the molecule is Cc1nc(-c2cccc(F)c2)ccc1CC(=O)N(C)c1ccc(CN2CCN[C@@H](C)C2)cc1. The van der Waals surface area contributed by atoms with Gasteiger partial charge in [0.2, 0.25) is 5.91 Å². The van der Waals surface area contributed by atoms with Gasteiger partial charge in [0.1, 0.15) is 5.82 Å². The lowest BCUT2D eigenvalue weighted by Crippen LogP contribution is -2.48. The molecule has 6 heteroatoms. The van der Waals surface area contributed by atoms with E-state index >= 15 is 0 Å². The van der Waals surface area contributed by atoms with Gasteiger partial charge in [-0.25, -0.2) is 4.39 Å². The molecule has 2 aromatic carbocycles. The van der Waals surface area contributed by atoms with Crippen molar-refractivity contribution in [2.75, 3.05) is 31.6 Å². The summed E-state index contributed by atoms with van der Waals surface area (Å²) in [4.78, 5) is 21.7. The Morgan fingerprint density at radius 1 is 1.18 bits per heavy atom. The van der Waals surface area contributed by atoms with E-state index in [0.717, 1.165) is 48.7 Å². The van der Waals surface area contributed by atoms with Gasteiger partial charge in [-0.2, -0.15) is 0 Å². The molecule has 1 saturated heterocycles. The van der Waals surface area contributed by atoms with Crippen LogP contribution in [0.15, 0.2) is 60.7 Å². The van der Waals surface area contributed by atoms with Crippen LogP contribution < -0.4 is 10.2 Å². The normalized spacial score (nSPS) is 16.5. The molecular weight excluding hydrogens is 415 g/mol. The van der Waals surface area contributed by atoms with Gasteiger partial charge in [0, 0.05) is 56.2 Å². The number of halogens is 1. The summed E-state index contributed by atoms with van der Waals surface area (Å²) in [5, 5.41) is 3.47. The fraction of sp³-hybridized carbons (Fsp3) is 0.333. The average Bonchev–Trinajstić information content (AvgIpc) is 2.80. The van der Waals surface area contributed by atoms with Crippen molar-refractivity contribution in [1.82, 2.24) is 15.2 Å². The fourth-order valence-electron chi connectivity index (χ4n) is 4.25. The van der Waals surface area contributed by atoms with Crippen molar-refractivity contribution in [3.63, 3.8) is 0 Å². The van der Waals surface area contributed by atoms with Gasteiger partial charge in [0.15, 0.2) is 0 Å². The summed E-state index contributed by atoms with van der Waals surface area (Å²) >= 11 is 0. The predicted octanol–water partition coefficient (Wildman–Crippen LogP) is 4.20. The van der Waals surface area contributed by atoms with E-state index in [2.05, 4.69) is 34.3 Å². The fourth-order valence-corrected chi connectivity index (χ4v) is 4.25. The first-order valence-electron chi connectivity index (χ1n) is 11.4. The third kappa shape index (κ3) is 5.83. The number of pyridine rings is 1. The molecule has 0 unspecified atom stereocenters. The average molecular weight is 447 g/mol. The van der Waals surface area contributed by atoms with Crippen LogP contribution >= 0.6 is 0 Å². The maximum absolute atomic E-state index is 13.5. The number of anilines is 1. The Kier molecular flexibility index (Phi) is 7.16. The highest BCUT2D eigenvalue weighted by Crippen LogP contribution is 2.21. The molecule has 3 aromatic rings. The number of nitrogens with zero attached hydrogens (tertiary/aromatic N) is 3. The Bertz CT molecular complexity index is 1120. The van der Waals surface area contributed by atoms with Gasteiger partial charge in [-0.15, -0.1) is 0 Å². The molecule has 1 aliphatic rings. The summed E-state index contributed by atoms with van der Waals surface area (Å²) in [5.41, 5.74) is 5.20. The standard InChI is InChI=1S/C27H31FN4O/c1-19-17-32(14-13-29-19)18-21-7-10-25(11-8-21)31(3)27(33)16-22-9-12-26(30-20(22)2)23-5-4-6-24(28)15-23/h4-12,15,19,29H,13-14,16-18H2,1-3H3/t19-/m0/s1. The van der Waals surface area contributed by atoms with Crippen molar-refractivity contribution in [3.05, 3.63) is 83.3 Å². The number of hydrogen-bond acceptors (Lipinski definition) is 4. The maximum Gasteiger partial charge on any atom is 0.231 e. The molecular formula is C27H31FN4O. The molecule has 4 rings (SSSR count). The monoisotopic (exact) mass is 446 g/mol. The topological polar surface area (TPSA) is 48.5 Å². The molecule has 1 N–H and O–H groups in total. The number of carbonyl (C=O) groups is 1. The lowest BCUT2D eigenvalue weighted by atomic mass is 10.1. The number of piperazine rings is 1. The first-order valence-corrected chi connectivity index (χ1v) is 11.4. The van der Waals surface area contributed by atoms with Crippen molar-refractivity contribution in [3.8, 4) is 11.3 Å². The quantitative estimate of drug-likeness (QED) is 0.617. The highest BCUT2D eigenvalue weighted by atomic mass is 19.1. The number of carbonyl (C=O) groups excluding carboxylic acids is 1. The highest BCUT2D eigenvalue weighted by molar-refractivity contribution is 5.94. The van der Waals surface area contributed by atoms with E-state index in [1.54, 1.807) is 18.0 Å². The largest absolute Gasteiger partial charge is 0.315 e. The van der Waals surface area contributed by atoms with Crippen LogP contribution in [0.25, 0.3) is 11.3 Å². The van der Waals surface area contributed by atoms with Gasteiger partial charge in [0.25, 0.3) is 0 Å². The minimum absolute atomic E-state index is 0.00193. The lowest BCUT2D eigenvalue weighted by molar-refractivity contribution is -0.117. The minimum atomic E-state index is -0.290. The minimum Gasteiger partial charge on any atom is -0.315 e. The van der Waals surface area contributed by atoms with Crippen LogP contribution in [0.3, 0.4) is 0 Å². The van der Waals surface area contributed by atoms with Gasteiger partial charge in [0.05, 0.1) is 12.1 Å². The van der Waals surface area contributed by atoms with Crippen LogP contribution in [0.1, 0.15) is 23.7 Å². The second kappa shape index (κ2) is 10.2. The Labute approximate surface area is 195 Å². The van der Waals surface area contributed by atoms with Crippen molar-refractivity contribution in [2.24, 2.45) is 0 Å². The van der Waals surface area contributed by atoms with E-state index < -0.39 is 0 Å². The lowest BCUT2D eigenvalue weighted by Gasteiger charge is -2.31. The van der Waals surface area contributed by atoms with Crippen LogP contribution in [0.2, 0.25) is 0 Å². The van der Waals surface area contributed by atoms with E-state index in [4.69, 9.17) is 0 Å². The first-order chi connectivity index (χ1) is 15.9. The summed E-state index contributed by atoms with van der Waals surface area (Å²) < 4.78 is 13.5. The zero-order valence-electron chi connectivity index (χ0n) is 19.5. The maximum atomic E-state index is 13.5. The molecule has 0 aliphatic carbocycles. The summed E-state index contributed by atoms with van der Waals surface area (Å²) in [5.74, 6) is -0.288. The molecule has 1 atom stereocenters.